The lowest BCUT2D eigenvalue weighted by Gasteiger charge is -2.15. The smallest absolute Gasteiger partial charge is 0.317 e. The molecule has 0 saturated carbocycles. The normalized spacial score (nSPS) is 12.8. The zero-order valence-electron chi connectivity index (χ0n) is 14.6. The number of carbonyl (C=O) groups is 3. The largest absolute Gasteiger partial charge is 0.480 e. The molecule has 136 valence electrons. The average molecular weight is 371 g/mol. The Morgan fingerprint density at radius 1 is 1.00 bits per heavy atom. The number of carbonyl (C=O) groups excluding carboxylic acids is 2. The lowest BCUT2D eigenvalue weighted by atomic mass is 10.0. The van der Waals surface area contributed by atoms with Gasteiger partial charge in [-0.25, -0.2) is 0 Å². The van der Waals surface area contributed by atoms with E-state index in [2.05, 4.69) is 5.32 Å². The summed E-state index contributed by atoms with van der Waals surface area (Å²) in [5.74, 6) is -1.37. The summed E-state index contributed by atoms with van der Waals surface area (Å²) in [5.41, 5.74) is 2.97. The summed E-state index contributed by atoms with van der Waals surface area (Å²) in [6, 6.07) is 16.8. The number of nitrogens with one attached hydrogen (secondary N) is 1. The Hall–Kier alpha value is -2.60. The molecule has 2 rings (SSSR count). The molecule has 0 aliphatic carbocycles. The Balaban J connectivity index is 2.04. The summed E-state index contributed by atoms with van der Waals surface area (Å²) in [7, 11) is 0. The van der Waals surface area contributed by atoms with Gasteiger partial charge in [0.2, 0.25) is 11.0 Å². The number of carboxylic acid groups (broad SMARTS) is 1. The van der Waals surface area contributed by atoms with Crippen molar-refractivity contribution in [2.75, 3.05) is 0 Å². The second-order valence-corrected chi connectivity index (χ2v) is 7.16. The predicted molar refractivity (Wildman–Crippen MR) is 103 cm³/mol. The molecular formula is C20H21NO4S. The van der Waals surface area contributed by atoms with Crippen LogP contribution in [-0.2, 0) is 20.8 Å². The van der Waals surface area contributed by atoms with Crippen LogP contribution >= 0.6 is 11.8 Å². The maximum Gasteiger partial charge on any atom is 0.317 e. The first-order chi connectivity index (χ1) is 12.4. The van der Waals surface area contributed by atoms with Gasteiger partial charge in [-0.3, -0.25) is 14.4 Å². The third kappa shape index (κ3) is 5.74. The summed E-state index contributed by atoms with van der Waals surface area (Å²) < 4.78 is 0. The van der Waals surface area contributed by atoms with Gasteiger partial charge < -0.3 is 10.4 Å². The summed E-state index contributed by atoms with van der Waals surface area (Å²) in [6.07, 6.45) is 0.230. The summed E-state index contributed by atoms with van der Waals surface area (Å²) in [6.45, 7) is 2.86. The van der Waals surface area contributed by atoms with Gasteiger partial charge in [0.1, 0.15) is 5.25 Å². The van der Waals surface area contributed by atoms with E-state index in [-0.39, 0.29) is 17.4 Å². The molecule has 2 atom stereocenters. The first-order valence-corrected chi connectivity index (χ1v) is 9.09. The molecule has 2 aromatic carbocycles. The van der Waals surface area contributed by atoms with E-state index in [0.717, 1.165) is 28.5 Å². The van der Waals surface area contributed by atoms with Crippen LogP contribution in [0.15, 0.2) is 54.6 Å². The van der Waals surface area contributed by atoms with Gasteiger partial charge in [0.05, 0.1) is 6.04 Å². The van der Waals surface area contributed by atoms with E-state index in [4.69, 9.17) is 0 Å². The molecular weight excluding hydrogens is 350 g/mol. The van der Waals surface area contributed by atoms with E-state index >= 15 is 0 Å². The van der Waals surface area contributed by atoms with Crippen LogP contribution in [0.4, 0.5) is 0 Å². The van der Waals surface area contributed by atoms with E-state index in [1.807, 2.05) is 54.6 Å². The standard InChI is InChI=1S/C20H21NO4S/c1-13(21-14(2)22)20(25)26-18(19(23)24)12-15-8-10-17(11-9-15)16-6-4-3-5-7-16/h3-11,13,18H,12H2,1-2H3,(H,21,22)(H,23,24)/t13-,18-/m1/s1. The van der Waals surface area contributed by atoms with Crippen LogP contribution < -0.4 is 5.32 Å². The Kier molecular flexibility index (Phi) is 6.97. The van der Waals surface area contributed by atoms with Crippen LogP contribution in [0.3, 0.4) is 0 Å². The van der Waals surface area contributed by atoms with Gasteiger partial charge in [0.15, 0.2) is 0 Å². The quantitative estimate of drug-likeness (QED) is 0.781. The van der Waals surface area contributed by atoms with Crippen LogP contribution in [0.2, 0.25) is 0 Å². The number of amides is 1. The first-order valence-electron chi connectivity index (χ1n) is 8.21. The molecule has 0 aliphatic heterocycles. The van der Waals surface area contributed by atoms with Crippen molar-refractivity contribution in [2.45, 2.75) is 31.6 Å². The Morgan fingerprint density at radius 2 is 1.58 bits per heavy atom. The third-order valence-electron chi connectivity index (χ3n) is 3.79. The molecule has 2 aromatic rings. The van der Waals surface area contributed by atoms with Crippen molar-refractivity contribution in [2.24, 2.45) is 0 Å². The zero-order valence-corrected chi connectivity index (χ0v) is 15.5. The summed E-state index contributed by atoms with van der Waals surface area (Å²) >= 11 is 0.745. The van der Waals surface area contributed by atoms with Crippen molar-refractivity contribution in [3.05, 3.63) is 60.2 Å². The van der Waals surface area contributed by atoms with Crippen LogP contribution in [-0.4, -0.2) is 33.4 Å². The number of aliphatic carboxylic acids is 1. The van der Waals surface area contributed by atoms with Gasteiger partial charge in [0.25, 0.3) is 0 Å². The number of carboxylic acids is 1. The maximum absolute atomic E-state index is 12.1. The van der Waals surface area contributed by atoms with Gasteiger partial charge in [-0.15, -0.1) is 0 Å². The minimum atomic E-state index is -1.05. The predicted octanol–water partition coefficient (Wildman–Crippen LogP) is 3.13. The van der Waals surface area contributed by atoms with E-state index in [1.54, 1.807) is 6.92 Å². The number of thioether (sulfide) groups is 1. The highest BCUT2D eigenvalue weighted by Crippen LogP contribution is 2.23. The first kappa shape index (κ1) is 19.7. The molecule has 1 amide bonds. The molecule has 2 N–H and O–H groups in total. The van der Waals surface area contributed by atoms with Crippen molar-refractivity contribution < 1.29 is 19.5 Å². The second-order valence-electron chi connectivity index (χ2n) is 5.95. The van der Waals surface area contributed by atoms with Crippen LogP contribution in [0.5, 0.6) is 0 Å². The highest BCUT2D eigenvalue weighted by atomic mass is 32.2. The average Bonchev–Trinajstić information content (AvgIpc) is 2.61. The van der Waals surface area contributed by atoms with Crippen LogP contribution in [0.1, 0.15) is 19.4 Å². The van der Waals surface area contributed by atoms with Gasteiger partial charge >= 0.3 is 5.97 Å². The topological polar surface area (TPSA) is 83.5 Å². The van der Waals surface area contributed by atoms with Crippen LogP contribution in [0.25, 0.3) is 11.1 Å². The monoisotopic (exact) mass is 371 g/mol. The van der Waals surface area contributed by atoms with Crippen LogP contribution in [0, 0.1) is 0 Å². The molecule has 26 heavy (non-hydrogen) atoms. The molecule has 0 aromatic heterocycles. The molecule has 0 saturated heterocycles. The third-order valence-corrected chi connectivity index (χ3v) is 5.03. The number of rotatable bonds is 7. The molecule has 0 spiro atoms. The summed E-state index contributed by atoms with van der Waals surface area (Å²) in [5, 5.41) is 10.6. The van der Waals surface area contributed by atoms with Gasteiger partial charge in [-0.2, -0.15) is 0 Å². The lowest BCUT2D eigenvalue weighted by molar-refractivity contribution is -0.136. The number of hydrogen-bond donors (Lipinski definition) is 2. The molecule has 0 radical (unpaired) electrons. The fourth-order valence-electron chi connectivity index (χ4n) is 2.46. The fraction of sp³-hybridized carbons (Fsp3) is 0.250. The highest BCUT2D eigenvalue weighted by molar-refractivity contribution is 8.14. The summed E-state index contributed by atoms with van der Waals surface area (Å²) in [4.78, 5) is 34.6. The molecule has 0 bridgehead atoms. The Bertz CT molecular complexity index is 774. The molecule has 5 nitrogen and oxygen atoms in total. The van der Waals surface area contributed by atoms with Crippen molar-refractivity contribution in [1.29, 1.82) is 0 Å². The maximum atomic E-state index is 12.1. The molecule has 0 fully saturated rings. The highest BCUT2D eigenvalue weighted by Gasteiger charge is 2.25. The van der Waals surface area contributed by atoms with Crippen molar-refractivity contribution in [1.82, 2.24) is 5.32 Å². The van der Waals surface area contributed by atoms with Crippen molar-refractivity contribution in [3.8, 4) is 11.1 Å². The second kappa shape index (κ2) is 9.20. The Labute approximate surface area is 156 Å². The number of hydrogen-bond acceptors (Lipinski definition) is 4. The Morgan fingerprint density at radius 3 is 2.12 bits per heavy atom. The van der Waals surface area contributed by atoms with Gasteiger partial charge in [-0.1, -0.05) is 66.4 Å². The van der Waals surface area contributed by atoms with Gasteiger partial charge in [-0.05, 0) is 30.0 Å². The van der Waals surface area contributed by atoms with E-state index in [0.29, 0.717) is 0 Å². The molecule has 6 heteroatoms. The van der Waals surface area contributed by atoms with E-state index in [9.17, 15) is 19.5 Å². The van der Waals surface area contributed by atoms with Crippen molar-refractivity contribution in [3.63, 3.8) is 0 Å². The van der Waals surface area contributed by atoms with Gasteiger partial charge in [0, 0.05) is 6.92 Å². The van der Waals surface area contributed by atoms with E-state index < -0.39 is 17.3 Å². The SMILES string of the molecule is CC(=O)N[C@H](C)C(=O)S[C@H](Cc1ccc(-c2ccccc2)cc1)C(=O)O. The molecule has 0 heterocycles. The minimum absolute atomic E-state index is 0.230. The molecule has 0 unspecified atom stereocenters. The lowest BCUT2D eigenvalue weighted by Crippen LogP contribution is -2.37. The zero-order chi connectivity index (χ0) is 19.1. The van der Waals surface area contributed by atoms with E-state index in [1.165, 1.54) is 6.92 Å². The number of benzene rings is 2. The van der Waals surface area contributed by atoms with Crippen molar-refractivity contribution >= 4 is 28.8 Å². The minimum Gasteiger partial charge on any atom is -0.480 e. The molecule has 0 aliphatic rings. The fourth-order valence-corrected chi connectivity index (χ4v) is 3.38.